The van der Waals surface area contributed by atoms with Gasteiger partial charge >= 0.3 is 0 Å². The lowest BCUT2D eigenvalue weighted by molar-refractivity contribution is 0.189. The first-order valence-corrected chi connectivity index (χ1v) is 8.42. The predicted octanol–water partition coefficient (Wildman–Crippen LogP) is 2.29. The highest BCUT2D eigenvalue weighted by Gasteiger charge is 2.33. The van der Waals surface area contributed by atoms with Gasteiger partial charge in [-0.25, -0.2) is 14.4 Å². The minimum Gasteiger partial charge on any atom is -0.351 e. The Kier molecular flexibility index (Phi) is 4.34. The van der Waals surface area contributed by atoms with Crippen molar-refractivity contribution in [3.63, 3.8) is 0 Å². The van der Waals surface area contributed by atoms with Crippen LogP contribution < -0.4 is 4.90 Å². The molecular formula is C18H19FN6O. The molecule has 1 saturated heterocycles. The number of aromatic nitrogens is 4. The van der Waals surface area contributed by atoms with Gasteiger partial charge in [0.1, 0.15) is 12.0 Å². The summed E-state index contributed by atoms with van der Waals surface area (Å²) in [5, 5.41) is 3.91. The first kappa shape index (κ1) is 16.6. The van der Waals surface area contributed by atoms with E-state index in [4.69, 9.17) is 4.52 Å². The number of hydrogen-bond donors (Lipinski definition) is 0. The third-order valence-electron chi connectivity index (χ3n) is 4.56. The van der Waals surface area contributed by atoms with E-state index in [1.807, 2.05) is 42.3 Å². The Labute approximate surface area is 150 Å². The van der Waals surface area contributed by atoms with Crippen LogP contribution in [0.2, 0.25) is 0 Å². The fourth-order valence-corrected chi connectivity index (χ4v) is 3.04. The van der Waals surface area contributed by atoms with Gasteiger partial charge in [0.15, 0.2) is 17.5 Å². The predicted molar refractivity (Wildman–Crippen MR) is 93.9 cm³/mol. The maximum atomic E-state index is 14.9. The summed E-state index contributed by atoms with van der Waals surface area (Å²) in [5.41, 5.74) is 1.07. The van der Waals surface area contributed by atoms with Crippen LogP contribution in [0.3, 0.4) is 0 Å². The summed E-state index contributed by atoms with van der Waals surface area (Å²) in [6.07, 6.45) is 1.42. The molecule has 0 bridgehead atoms. The zero-order valence-electron chi connectivity index (χ0n) is 14.6. The van der Waals surface area contributed by atoms with E-state index in [0.29, 0.717) is 42.9 Å². The van der Waals surface area contributed by atoms with E-state index in [9.17, 15) is 4.39 Å². The van der Waals surface area contributed by atoms with E-state index in [2.05, 4.69) is 25.0 Å². The van der Waals surface area contributed by atoms with Crippen molar-refractivity contribution in [3.8, 4) is 11.3 Å². The number of rotatable bonds is 5. The highest BCUT2D eigenvalue weighted by Crippen LogP contribution is 2.29. The van der Waals surface area contributed by atoms with Gasteiger partial charge < -0.3 is 9.42 Å². The van der Waals surface area contributed by atoms with Gasteiger partial charge in [0.25, 0.3) is 0 Å². The Morgan fingerprint density at radius 1 is 1.23 bits per heavy atom. The van der Waals surface area contributed by atoms with E-state index in [-0.39, 0.29) is 11.9 Å². The summed E-state index contributed by atoms with van der Waals surface area (Å²) in [4.78, 5) is 16.5. The summed E-state index contributed by atoms with van der Waals surface area (Å²) in [6.45, 7) is 3.74. The van der Waals surface area contributed by atoms with E-state index in [0.717, 1.165) is 5.56 Å². The largest absolute Gasteiger partial charge is 0.351 e. The molecule has 1 aliphatic rings. The van der Waals surface area contributed by atoms with Gasteiger partial charge in [-0.15, -0.1) is 0 Å². The van der Waals surface area contributed by atoms with E-state index < -0.39 is 0 Å². The molecule has 4 rings (SSSR count). The topological polar surface area (TPSA) is 71.2 Å². The lowest BCUT2D eigenvalue weighted by Crippen LogP contribution is -2.58. The van der Waals surface area contributed by atoms with Crippen molar-refractivity contribution in [2.75, 3.05) is 25.0 Å². The zero-order valence-corrected chi connectivity index (χ0v) is 14.6. The van der Waals surface area contributed by atoms with Crippen molar-refractivity contribution < 1.29 is 8.91 Å². The number of hydrogen-bond acceptors (Lipinski definition) is 7. The summed E-state index contributed by atoms with van der Waals surface area (Å²) in [7, 11) is 2.00. The van der Waals surface area contributed by atoms with Crippen LogP contribution >= 0.6 is 0 Å². The number of nitrogens with zero attached hydrogens (tertiary/aromatic N) is 6. The monoisotopic (exact) mass is 354 g/mol. The van der Waals surface area contributed by atoms with E-state index >= 15 is 0 Å². The van der Waals surface area contributed by atoms with Gasteiger partial charge in [0.2, 0.25) is 5.89 Å². The highest BCUT2D eigenvalue weighted by molar-refractivity contribution is 5.64. The molecule has 0 unspecified atom stereocenters. The minimum absolute atomic E-state index is 0.281. The second-order valence-corrected chi connectivity index (χ2v) is 6.43. The van der Waals surface area contributed by atoms with Crippen LogP contribution in [0.25, 0.3) is 11.3 Å². The van der Waals surface area contributed by atoms with Gasteiger partial charge in [0, 0.05) is 31.6 Å². The highest BCUT2D eigenvalue weighted by atomic mass is 19.1. The maximum Gasteiger partial charge on any atom is 0.223 e. The normalized spacial score (nSPS) is 14.7. The fourth-order valence-electron chi connectivity index (χ4n) is 3.04. The molecule has 0 radical (unpaired) electrons. The summed E-state index contributed by atoms with van der Waals surface area (Å²) >= 11 is 0. The molecule has 8 heteroatoms. The second kappa shape index (κ2) is 6.80. The number of benzene rings is 1. The van der Waals surface area contributed by atoms with Crippen LogP contribution in [0.15, 0.2) is 41.2 Å². The minimum atomic E-state index is -0.381. The van der Waals surface area contributed by atoms with E-state index in [1.165, 1.54) is 6.33 Å². The van der Waals surface area contributed by atoms with Crippen molar-refractivity contribution in [2.45, 2.75) is 19.5 Å². The molecular weight excluding hydrogens is 335 g/mol. The Morgan fingerprint density at radius 2 is 2.00 bits per heavy atom. The van der Waals surface area contributed by atoms with Gasteiger partial charge in [0.05, 0.1) is 6.54 Å². The standard InChI is InChI=1S/C18H19FN6O/c1-12-22-15(23-26-12)10-24(2)14-8-25(9-14)18-16(19)17(20-11-21-18)13-6-4-3-5-7-13/h3-7,11,14H,8-10H2,1-2H3. The summed E-state index contributed by atoms with van der Waals surface area (Å²) < 4.78 is 19.9. The quantitative estimate of drug-likeness (QED) is 0.696. The Balaban J connectivity index is 1.44. The number of aryl methyl sites for hydroxylation is 1. The van der Waals surface area contributed by atoms with Crippen molar-refractivity contribution in [1.82, 2.24) is 25.0 Å². The molecule has 26 heavy (non-hydrogen) atoms. The average molecular weight is 354 g/mol. The van der Waals surface area contributed by atoms with Crippen LogP contribution in [0, 0.1) is 12.7 Å². The van der Waals surface area contributed by atoms with Gasteiger partial charge in [-0.1, -0.05) is 35.5 Å². The van der Waals surface area contributed by atoms with Crippen molar-refractivity contribution >= 4 is 5.82 Å². The van der Waals surface area contributed by atoms with Crippen molar-refractivity contribution in [2.24, 2.45) is 0 Å². The van der Waals surface area contributed by atoms with Crippen LogP contribution in [0.5, 0.6) is 0 Å². The SMILES string of the molecule is Cc1nc(CN(C)C2CN(c3ncnc(-c4ccccc4)c3F)C2)no1. The van der Waals surface area contributed by atoms with Gasteiger partial charge in [-0.05, 0) is 7.05 Å². The molecule has 1 aliphatic heterocycles. The molecule has 1 aromatic carbocycles. The first-order chi connectivity index (χ1) is 12.6. The van der Waals surface area contributed by atoms with Crippen LogP contribution in [-0.2, 0) is 6.54 Å². The van der Waals surface area contributed by atoms with Crippen LogP contribution in [-0.4, -0.2) is 51.2 Å². The lowest BCUT2D eigenvalue weighted by atomic mass is 10.1. The molecule has 7 nitrogen and oxygen atoms in total. The smallest absolute Gasteiger partial charge is 0.223 e. The molecule has 2 aromatic heterocycles. The first-order valence-electron chi connectivity index (χ1n) is 8.42. The third-order valence-corrected chi connectivity index (χ3v) is 4.56. The summed E-state index contributed by atoms with van der Waals surface area (Å²) in [6, 6.07) is 9.59. The number of anilines is 1. The zero-order chi connectivity index (χ0) is 18.1. The lowest BCUT2D eigenvalue weighted by Gasteiger charge is -2.44. The molecule has 0 spiro atoms. The Morgan fingerprint density at radius 3 is 2.69 bits per heavy atom. The molecule has 1 fully saturated rings. The third kappa shape index (κ3) is 3.15. The van der Waals surface area contributed by atoms with Crippen molar-refractivity contribution in [3.05, 3.63) is 54.2 Å². The molecule has 0 saturated carbocycles. The number of likely N-dealkylation sites (N-methyl/N-ethyl adjacent to an activating group) is 1. The van der Waals surface area contributed by atoms with Gasteiger partial charge in [-0.3, -0.25) is 4.90 Å². The Bertz CT molecular complexity index is 894. The molecule has 3 aromatic rings. The molecule has 0 N–H and O–H groups in total. The fraction of sp³-hybridized carbons (Fsp3) is 0.333. The average Bonchev–Trinajstić information content (AvgIpc) is 3.00. The van der Waals surface area contributed by atoms with Crippen molar-refractivity contribution in [1.29, 1.82) is 0 Å². The second-order valence-electron chi connectivity index (χ2n) is 6.43. The molecule has 134 valence electrons. The van der Waals surface area contributed by atoms with E-state index in [1.54, 1.807) is 6.92 Å². The van der Waals surface area contributed by atoms with Gasteiger partial charge in [-0.2, -0.15) is 4.98 Å². The van der Waals surface area contributed by atoms with Crippen LogP contribution in [0.4, 0.5) is 10.2 Å². The maximum absolute atomic E-state index is 14.9. The number of halogens is 1. The van der Waals surface area contributed by atoms with Crippen LogP contribution in [0.1, 0.15) is 11.7 Å². The Hall–Kier alpha value is -2.87. The molecule has 3 heterocycles. The molecule has 0 atom stereocenters. The molecule has 0 amide bonds. The molecule has 0 aliphatic carbocycles. The summed E-state index contributed by atoms with van der Waals surface area (Å²) in [5.74, 6) is 1.18.